The van der Waals surface area contributed by atoms with Gasteiger partial charge in [0.2, 0.25) is 0 Å². The van der Waals surface area contributed by atoms with Gasteiger partial charge in [-0.15, -0.1) is 0 Å². The topological polar surface area (TPSA) is 107 Å². The average Bonchev–Trinajstić information content (AvgIpc) is 2.44. The van der Waals surface area contributed by atoms with E-state index in [0.717, 1.165) is 32.5 Å². The number of carboxylic acids is 1. The third kappa shape index (κ3) is 11.2. The highest BCUT2D eigenvalue weighted by molar-refractivity contribution is 6.40. The molecule has 1 heterocycles. The first-order valence-electron chi connectivity index (χ1n) is 7.54. The molecule has 1 rings (SSSR count). The maximum atomic E-state index is 10.4. The lowest BCUT2D eigenvalue weighted by Crippen LogP contribution is -2.37. The molecular formula is C13H29BN2O4. The summed E-state index contributed by atoms with van der Waals surface area (Å²) in [7, 11) is -1.10. The molecule has 7 heteroatoms. The molecular weight excluding hydrogens is 259 g/mol. The van der Waals surface area contributed by atoms with Crippen LogP contribution in [0.4, 0.5) is 0 Å². The van der Waals surface area contributed by atoms with E-state index < -0.39 is 19.1 Å². The Bertz CT molecular complexity index is 249. The van der Waals surface area contributed by atoms with E-state index in [9.17, 15) is 4.79 Å². The number of likely N-dealkylation sites (tertiary alicyclic amines) is 1. The van der Waals surface area contributed by atoms with Crippen molar-refractivity contribution in [1.29, 1.82) is 0 Å². The Kier molecular flexibility index (Phi) is 11.8. The zero-order chi connectivity index (χ0) is 15.4. The van der Waals surface area contributed by atoms with E-state index >= 15 is 0 Å². The smallest absolute Gasteiger partial charge is 0.451 e. The first-order chi connectivity index (χ1) is 9.47. The predicted molar refractivity (Wildman–Crippen MR) is 80.4 cm³/mol. The van der Waals surface area contributed by atoms with Crippen molar-refractivity contribution in [2.24, 2.45) is 5.73 Å². The summed E-state index contributed by atoms with van der Waals surface area (Å²) in [5, 5.41) is 25.0. The van der Waals surface area contributed by atoms with Crippen molar-refractivity contribution in [2.75, 3.05) is 19.6 Å². The fourth-order valence-electron chi connectivity index (χ4n) is 2.01. The summed E-state index contributed by atoms with van der Waals surface area (Å²) in [6, 6.07) is -0.693. The fraction of sp³-hybridized carbons (Fsp3) is 0.923. The minimum absolute atomic E-state index is 0.510. The molecule has 0 aromatic rings. The van der Waals surface area contributed by atoms with E-state index in [1.54, 1.807) is 0 Å². The number of piperidine rings is 1. The van der Waals surface area contributed by atoms with Crippen molar-refractivity contribution in [3.05, 3.63) is 0 Å². The second-order valence-corrected chi connectivity index (χ2v) is 5.26. The van der Waals surface area contributed by atoms with Gasteiger partial charge in [0.1, 0.15) is 6.04 Å². The Morgan fingerprint density at radius 1 is 1.30 bits per heavy atom. The summed E-state index contributed by atoms with van der Waals surface area (Å²) in [5.41, 5.74) is 5.41. The maximum Gasteiger partial charge on any atom is 0.451 e. The Balaban J connectivity index is 0.000000441. The lowest BCUT2D eigenvalue weighted by molar-refractivity contribution is -0.138. The van der Waals surface area contributed by atoms with Crippen molar-refractivity contribution in [2.45, 2.75) is 57.8 Å². The number of hydrogen-bond donors (Lipinski definition) is 4. The Labute approximate surface area is 122 Å². The molecule has 0 bridgehead atoms. The summed E-state index contributed by atoms with van der Waals surface area (Å²) >= 11 is 0. The first kappa shape index (κ1) is 19.4. The third-order valence-electron chi connectivity index (χ3n) is 3.34. The first-order valence-corrected chi connectivity index (χ1v) is 7.54. The number of aliphatic carboxylic acids is 1. The SMILES string of the molecule is CCCCB(O)O.N[C@H](CCN1CCCCC1)C(=O)O. The largest absolute Gasteiger partial charge is 0.480 e. The lowest BCUT2D eigenvalue weighted by Gasteiger charge is -2.26. The molecule has 1 atom stereocenters. The van der Waals surface area contributed by atoms with Gasteiger partial charge in [-0.1, -0.05) is 26.2 Å². The molecule has 0 aromatic carbocycles. The molecule has 0 spiro atoms. The van der Waals surface area contributed by atoms with Crippen LogP contribution in [0.1, 0.15) is 45.4 Å². The number of nitrogens with two attached hydrogens (primary N) is 1. The molecule has 1 saturated heterocycles. The summed E-state index contributed by atoms with van der Waals surface area (Å²) in [4.78, 5) is 12.7. The van der Waals surface area contributed by atoms with Crippen LogP contribution in [-0.4, -0.2) is 58.8 Å². The van der Waals surface area contributed by atoms with E-state index in [4.69, 9.17) is 20.9 Å². The van der Waals surface area contributed by atoms with Crippen molar-refractivity contribution < 1.29 is 19.9 Å². The normalized spacial score (nSPS) is 17.0. The van der Waals surface area contributed by atoms with Crippen LogP contribution in [0.3, 0.4) is 0 Å². The summed E-state index contributed by atoms with van der Waals surface area (Å²) in [6.07, 6.45) is 6.78. The highest BCUT2D eigenvalue weighted by Gasteiger charge is 2.15. The highest BCUT2D eigenvalue weighted by atomic mass is 16.4. The molecule has 1 aliphatic heterocycles. The van der Waals surface area contributed by atoms with Crippen LogP contribution in [-0.2, 0) is 4.79 Å². The summed E-state index contributed by atoms with van der Waals surface area (Å²) < 4.78 is 0. The quantitative estimate of drug-likeness (QED) is 0.509. The van der Waals surface area contributed by atoms with Gasteiger partial charge in [-0.2, -0.15) is 0 Å². The number of unbranched alkanes of at least 4 members (excludes halogenated alkanes) is 1. The fourth-order valence-corrected chi connectivity index (χ4v) is 2.01. The van der Waals surface area contributed by atoms with Crippen LogP contribution < -0.4 is 5.73 Å². The number of hydrogen-bond acceptors (Lipinski definition) is 5. The molecule has 0 amide bonds. The van der Waals surface area contributed by atoms with Crippen LogP contribution >= 0.6 is 0 Å². The highest BCUT2D eigenvalue weighted by Crippen LogP contribution is 2.09. The van der Waals surface area contributed by atoms with Crippen molar-refractivity contribution in [3.8, 4) is 0 Å². The summed E-state index contributed by atoms with van der Waals surface area (Å²) in [6.45, 7) is 5.05. The number of nitrogens with zero attached hydrogens (tertiary/aromatic N) is 1. The van der Waals surface area contributed by atoms with Crippen molar-refractivity contribution >= 4 is 13.1 Å². The van der Waals surface area contributed by atoms with Crippen LogP contribution in [0.2, 0.25) is 6.32 Å². The zero-order valence-electron chi connectivity index (χ0n) is 12.5. The predicted octanol–water partition coefficient (Wildman–Crippen LogP) is 0.534. The van der Waals surface area contributed by atoms with E-state index in [-0.39, 0.29) is 0 Å². The minimum Gasteiger partial charge on any atom is -0.480 e. The van der Waals surface area contributed by atoms with Gasteiger partial charge in [0.25, 0.3) is 0 Å². The molecule has 0 aliphatic carbocycles. The molecule has 0 aromatic heterocycles. The number of rotatable bonds is 7. The maximum absolute atomic E-state index is 10.4. The number of carbonyl (C=O) groups is 1. The van der Waals surface area contributed by atoms with Crippen LogP contribution in [0, 0.1) is 0 Å². The standard InChI is InChI=1S/C9H18N2O2.C4H11BO2/c10-8(9(12)13)4-7-11-5-2-1-3-6-11;1-2-3-4-5(6)7/h8H,1-7,10H2,(H,12,13);6-7H,2-4H2,1H3/t8-;/m1./s1. The van der Waals surface area contributed by atoms with Crippen molar-refractivity contribution in [1.82, 2.24) is 4.90 Å². The molecule has 6 nitrogen and oxygen atoms in total. The lowest BCUT2D eigenvalue weighted by atomic mass is 9.84. The van der Waals surface area contributed by atoms with E-state index in [0.29, 0.717) is 12.7 Å². The molecule has 0 saturated carbocycles. The molecule has 0 unspecified atom stereocenters. The molecule has 118 valence electrons. The third-order valence-corrected chi connectivity index (χ3v) is 3.34. The Morgan fingerprint density at radius 2 is 1.90 bits per heavy atom. The van der Waals surface area contributed by atoms with Gasteiger partial charge in [-0.3, -0.25) is 4.79 Å². The van der Waals surface area contributed by atoms with E-state index in [2.05, 4.69) is 4.90 Å². The second kappa shape index (κ2) is 12.1. The molecule has 1 aliphatic rings. The zero-order valence-corrected chi connectivity index (χ0v) is 12.5. The minimum atomic E-state index is -1.10. The van der Waals surface area contributed by atoms with Crippen LogP contribution in [0.5, 0.6) is 0 Å². The van der Waals surface area contributed by atoms with E-state index in [1.165, 1.54) is 19.3 Å². The van der Waals surface area contributed by atoms with Crippen LogP contribution in [0.15, 0.2) is 0 Å². The van der Waals surface area contributed by atoms with Crippen molar-refractivity contribution in [3.63, 3.8) is 0 Å². The molecule has 1 fully saturated rings. The Morgan fingerprint density at radius 3 is 2.30 bits per heavy atom. The van der Waals surface area contributed by atoms with Crippen LogP contribution in [0.25, 0.3) is 0 Å². The Hall–Kier alpha value is -0.625. The van der Waals surface area contributed by atoms with Gasteiger partial charge in [0.05, 0.1) is 0 Å². The van der Waals surface area contributed by atoms with Gasteiger partial charge in [0, 0.05) is 6.54 Å². The van der Waals surface area contributed by atoms with Gasteiger partial charge in [0.15, 0.2) is 0 Å². The molecule has 0 radical (unpaired) electrons. The van der Waals surface area contributed by atoms with Gasteiger partial charge < -0.3 is 25.8 Å². The second-order valence-electron chi connectivity index (χ2n) is 5.26. The van der Waals surface area contributed by atoms with Gasteiger partial charge in [-0.05, 0) is 38.7 Å². The number of carboxylic acid groups (broad SMARTS) is 1. The van der Waals surface area contributed by atoms with Gasteiger partial charge in [-0.25, -0.2) is 0 Å². The molecule has 5 N–H and O–H groups in total. The van der Waals surface area contributed by atoms with E-state index in [1.807, 2.05) is 6.92 Å². The summed E-state index contributed by atoms with van der Waals surface area (Å²) in [5.74, 6) is -0.892. The van der Waals surface area contributed by atoms with Gasteiger partial charge >= 0.3 is 13.1 Å². The monoisotopic (exact) mass is 288 g/mol. The molecule has 20 heavy (non-hydrogen) atoms. The average molecular weight is 288 g/mol.